The van der Waals surface area contributed by atoms with Gasteiger partial charge in [0.15, 0.2) is 5.54 Å². The Bertz CT molecular complexity index is 1890. The number of fused-ring (bicyclic) bond motifs is 3. The zero-order valence-electron chi connectivity index (χ0n) is 26.7. The number of aryl methyl sites for hydroxylation is 1. The van der Waals surface area contributed by atoms with E-state index in [9.17, 15) is 14.4 Å². The number of carbonyl (C=O) groups excluding carboxylic acids is 1. The van der Waals surface area contributed by atoms with Crippen LogP contribution in [0.3, 0.4) is 0 Å². The molecule has 1 aliphatic carbocycles. The maximum Gasteiger partial charge on any atom is 0.333 e. The molecule has 7 rings (SSSR count). The van der Waals surface area contributed by atoms with Crippen LogP contribution in [-0.2, 0) is 31.1 Å². The first kappa shape index (κ1) is 30.8. The summed E-state index contributed by atoms with van der Waals surface area (Å²) in [5.74, 6) is 0.0542. The summed E-state index contributed by atoms with van der Waals surface area (Å²) in [5, 5.41) is 9.55. The van der Waals surface area contributed by atoms with Crippen molar-refractivity contribution >= 4 is 27.5 Å². The Morgan fingerprint density at radius 2 is 1.78 bits per heavy atom. The van der Waals surface area contributed by atoms with Gasteiger partial charge in [0.05, 0.1) is 49.7 Å². The van der Waals surface area contributed by atoms with Crippen molar-refractivity contribution < 1.29 is 23.7 Å². The van der Waals surface area contributed by atoms with E-state index in [2.05, 4.69) is 10.2 Å². The maximum absolute atomic E-state index is 14.7. The first-order valence-corrected chi connectivity index (χ1v) is 16.6. The van der Waals surface area contributed by atoms with Gasteiger partial charge in [0.2, 0.25) is 0 Å². The van der Waals surface area contributed by atoms with E-state index in [4.69, 9.17) is 18.9 Å². The molecule has 1 saturated carbocycles. The number of carbonyl (C=O) groups is 1. The van der Waals surface area contributed by atoms with Gasteiger partial charge in [-0.3, -0.25) is 9.36 Å². The van der Waals surface area contributed by atoms with E-state index >= 15 is 0 Å². The predicted octanol–water partition coefficient (Wildman–Crippen LogP) is 4.42. The average molecular weight is 650 g/mol. The van der Waals surface area contributed by atoms with Crippen molar-refractivity contribution in [3.05, 3.63) is 68.6 Å². The molecular weight excluding hydrogens is 610 g/mol. The summed E-state index contributed by atoms with van der Waals surface area (Å²) in [5.41, 5.74) is -1.86. The predicted molar refractivity (Wildman–Crippen MR) is 171 cm³/mol. The topological polar surface area (TPSA) is 129 Å². The van der Waals surface area contributed by atoms with Crippen molar-refractivity contribution in [1.82, 2.24) is 24.1 Å². The Hall–Kier alpha value is -3.81. The highest BCUT2D eigenvalue weighted by molar-refractivity contribution is 7.21. The van der Waals surface area contributed by atoms with E-state index in [0.717, 1.165) is 35.8 Å². The molecule has 2 bridgehead atoms. The lowest BCUT2D eigenvalue weighted by atomic mass is 10.0. The van der Waals surface area contributed by atoms with Gasteiger partial charge in [-0.05, 0) is 72.3 Å². The molecule has 0 spiro atoms. The van der Waals surface area contributed by atoms with Crippen LogP contribution in [0.1, 0.15) is 76.5 Å². The lowest BCUT2D eigenvalue weighted by Crippen LogP contribution is -2.50. The second-order valence-corrected chi connectivity index (χ2v) is 14.5. The fourth-order valence-corrected chi connectivity index (χ4v) is 8.08. The molecule has 46 heavy (non-hydrogen) atoms. The Morgan fingerprint density at radius 1 is 1.11 bits per heavy atom. The highest BCUT2D eigenvalue weighted by Crippen LogP contribution is 2.45. The fourth-order valence-electron chi connectivity index (χ4n) is 6.86. The molecule has 1 aromatic carbocycles. The second-order valence-electron chi connectivity index (χ2n) is 13.5. The zero-order chi connectivity index (χ0) is 32.4. The minimum atomic E-state index is -1.38. The molecule has 3 fully saturated rings. The lowest BCUT2D eigenvalue weighted by molar-refractivity contribution is -0.161. The van der Waals surface area contributed by atoms with Crippen LogP contribution in [0, 0.1) is 6.92 Å². The quantitative estimate of drug-likeness (QED) is 0.242. The van der Waals surface area contributed by atoms with Crippen molar-refractivity contribution in [3.63, 3.8) is 0 Å². The second kappa shape index (κ2) is 11.5. The van der Waals surface area contributed by atoms with Crippen LogP contribution in [0.4, 0.5) is 0 Å². The third kappa shape index (κ3) is 5.37. The number of para-hydroxylation sites is 1. The summed E-state index contributed by atoms with van der Waals surface area (Å²) < 4.78 is 27.2. The lowest BCUT2D eigenvalue weighted by Gasteiger charge is -2.32. The molecule has 3 atom stereocenters. The van der Waals surface area contributed by atoms with E-state index in [-0.39, 0.29) is 24.9 Å². The smallest absolute Gasteiger partial charge is 0.333 e. The van der Waals surface area contributed by atoms with Gasteiger partial charge in [0.25, 0.3) is 5.56 Å². The molecule has 3 aromatic heterocycles. The number of aromatic nitrogens is 5. The van der Waals surface area contributed by atoms with E-state index in [0.29, 0.717) is 39.4 Å². The van der Waals surface area contributed by atoms with Gasteiger partial charge in [-0.25, -0.2) is 14.2 Å². The van der Waals surface area contributed by atoms with Crippen molar-refractivity contribution in [3.8, 4) is 10.8 Å². The van der Waals surface area contributed by atoms with Crippen LogP contribution in [0.15, 0.2) is 46.2 Å². The molecule has 5 heterocycles. The van der Waals surface area contributed by atoms with Crippen LogP contribution in [-0.4, -0.2) is 61.1 Å². The molecule has 0 amide bonds. The molecular formula is C33H39N5O7S. The summed E-state index contributed by atoms with van der Waals surface area (Å²) in [6, 6.07) is 7.62. The minimum absolute atomic E-state index is 0.0799. The number of hydrogen-bond donors (Lipinski definition) is 0. The third-order valence-corrected chi connectivity index (χ3v) is 10.4. The highest BCUT2D eigenvalue weighted by Gasteiger charge is 2.56. The average Bonchev–Trinajstić information content (AvgIpc) is 3.29. The Balaban J connectivity index is 1.41. The largest absolute Gasteiger partial charge is 0.496 e. The highest BCUT2D eigenvalue weighted by atomic mass is 32.1. The molecule has 0 N–H and O–H groups in total. The Kier molecular flexibility index (Phi) is 7.68. The molecule has 12 nitrogen and oxygen atoms in total. The number of ether oxygens (including phenoxy) is 4. The molecule has 2 aliphatic heterocycles. The number of nitrogens with zero attached hydrogens (tertiary/aromatic N) is 5. The van der Waals surface area contributed by atoms with Crippen LogP contribution < -0.4 is 16.0 Å². The van der Waals surface area contributed by atoms with Crippen molar-refractivity contribution in [2.24, 2.45) is 0 Å². The summed E-state index contributed by atoms with van der Waals surface area (Å²) in [4.78, 5) is 44.6. The molecule has 0 radical (unpaired) electrons. The van der Waals surface area contributed by atoms with Gasteiger partial charge in [-0.1, -0.05) is 29.5 Å². The first-order chi connectivity index (χ1) is 22.0. The van der Waals surface area contributed by atoms with Crippen LogP contribution in [0.25, 0.3) is 15.2 Å². The number of thiophene rings is 1. The van der Waals surface area contributed by atoms with Gasteiger partial charge in [-0.2, -0.15) is 10.2 Å². The normalized spacial score (nSPS) is 22.6. The van der Waals surface area contributed by atoms with Crippen molar-refractivity contribution in [2.45, 2.75) is 108 Å². The minimum Gasteiger partial charge on any atom is -0.496 e. The van der Waals surface area contributed by atoms with E-state index in [1.165, 1.54) is 16.1 Å². The maximum atomic E-state index is 14.7. The molecule has 0 unspecified atom stereocenters. The van der Waals surface area contributed by atoms with Gasteiger partial charge in [0.1, 0.15) is 27.3 Å². The fraction of sp³-hybridized carbons (Fsp3) is 0.545. The molecule has 13 heteroatoms. The number of esters is 1. The van der Waals surface area contributed by atoms with Gasteiger partial charge in [-0.15, -0.1) is 4.80 Å². The van der Waals surface area contributed by atoms with Crippen LogP contribution in [0.5, 0.6) is 5.75 Å². The number of rotatable bonds is 9. The van der Waals surface area contributed by atoms with Gasteiger partial charge < -0.3 is 18.9 Å². The zero-order valence-corrected chi connectivity index (χ0v) is 27.5. The van der Waals surface area contributed by atoms with Gasteiger partial charge in [0, 0.05) is 11.1 Å². The summed E-state index contributed by atoms with van der Waals surface area (Å²) in [6.07, 6.45) is 6.97. The van der Waals surface area contributed by atoms with E-state index < -0.39 is 34.5 Å². The Labute approximate surface area is 269 Å². The van der Waals surface area contributed by atoms with E-state index in [1.54, 1.807) is 44.8 Å². The molecule has 3 aliphatic rings. The van der Waals surface area contributed by atoms with E-state index in [1.807, 2.05) is 31.2 Å². The third-order valence-electron chi connectivity index (χ3n) is 9.16. The molecule has 244 valence electrons. The standard InChI is InChI=1S/C33H39N5O7S/c1-19-26-27(39)37(33(12-13-33)30(40)45-32(2,3)4)31(41)36(29(26)46-28(19)38-34-14-15-35-38)18-25(23-8-6-7-9-24(23)42-5)44-22-16-20-10-11-21(17-22)43-20/h6-9,14-15,20-22,25H,10-13,16-18H2,1-5H3/t20-,21-,25+/m1/s1. The SMILES string of the molecule is COc1ccccc1[C@H](Cn1c(=O)n(C2(C(=O)OC(C)(C)C)CC2)c(=O)c2c(C)c(-n3nccn3)sc21)OC1C[C@H]2CC[C@H](C1)O2. The molecule has 2 saturated heterocycles. The van der Waals surface area contributed by atoms with Crippen LogP contribution >= 0.6 is 11.3 Å². The number of methoxy groups -OCH3 is 1. The number of benzene rings is 1. The summed E-state index contributed by atoms with van der Waals surface area (Å²) in [7, 11) is 1.61. The van der Waals surface area contributed by atoms with Crippen LogP contribution in [0.2, 0.25) is 0 Å². The number of hydrogen-bond acceptors (Lipinski definition) is 10. The molecule has 4 aromatic rings. The van der Waals surface area contributed by atoms with Crippen molar-refractivity contribution in [2.75, 3.05) is 7.11 Å². The summed E-state index contributed by atoms with van der Waals surface area (Å²) >= 11 is 1.26. The summed E-state index contributed by atoms with van der Waals surface area (Å²) in [6.45, 7) is 7.22. The van der Waals surface area contributed by atoms with Crippen molar-refractivity contribution in [1.29, 1.82) is 0 Å². The first-order valence-electron chi connectivity index (χ1n) is 15.8. The monoisotopic (exact) mass is 649 g/mol. The Morgan fingerprint density at radius 3 is 2.41 bits per heavy atom. The van der Waals surface area contributed by atoms with Gasteiger partial charge >= 0.3 is 11.7 Å².